The Bertz CT molecular complexity index is 756. The van der Waals surface area contributed by atoms with Gasteiger partial charge in [-0.05, 0) is 26.2 Å². The normalized spacial score (nSPS) is 15.1. The SMILES string of the molecule is CC(O)C(NC(=O)C(CCCN=C(N)N)NC(=O)C(N)CCC(N)=O)C(=O)NC(CO)C(=O)O. The number of hydrogen-bond acceptors (Lipinski definition) is 9. The number of aliphatic hydroxyl groups excluding tert-OH is 2. The Kier molecular flexibility index (Phi) is 13.8. The van der Waals surface area contributed by atoms with Gasteiger partial charge in [0.1, 0.15) is 18.1 Å². The Labute approximate surface area is 195 Å². The number of amides is 4. The zero-order valence-electron chi connectivity index (χ0n) is 18.8. The predicted molar refractivity (Wildman–Crippen MR) is 119 cm³/mol. The molecule has 0 spiro atoms. The first-order chi connectivity index (χ1) is 15.8. The first kappa shape index (κ1) is 30.5. The molecular weight excluding hydrogens is 456 g/mol. The van der Waals surface area contributed by atoms with Gasteiger partial charge in [-0.3, -0.25) is 24.2 Å². The number of guanidine groups is 1. The number of aliphatic hydroxyl groups is 2. The van der Waals surface area contributed by atoms with Gasteiger partial charge in [0.15, 0.2) is 5.96 Å². The highest BCUT2D eigenvalue weighted by Crippen LogP contribution is 2.04. The van der Waals surface area contributed by atoms with Crippen LogP contribution < -0.4 is 38.9 Å². The number of aliphatic carboxylic acids is 1. The molecule has 16 nitrogen and oxygen atoms in total. The molecule has 5 unspecified atom stereocenters. The number of aliphatic imine (C=N–C) groups is 1. The molecule has 0 aromatic heterocycles. The molecule has 5 atom stereocenters. The van der Waals surface area contributed by atoms with Crippen LogP contribution in [-0.4, -0.2) is 94.3 Å². The Morgan fingerprint density at radius 2 is 1.50 bits per heavy atom. The van der Waals surface area contributed by atoms with E-state index >= 15 is 0 Å². The molecule has 0 rings (SSSR count). The minimum Gasteiger partial charge on any atom is -0.480 e. The third kappa shape index (κ3) is 11.9. The smallest absolute Gasteiger partial charge is 0.328 e. The lowest BCUT2D eigenvalue weighted by atomic mass is 10.1. The van der Waals surface area contributed by atoms with Gasteiger partial charge in [0.2, 0.25) is 23.6 Å². The van der Waals surface area contributed by atoms with Gasteiger partial charge >= 0.3 is 5.97 Å². The van der Waals surface area contributed by atoms with Gasteiger partial charge in [-0.25, -0.2) is 4.79 Å². The number of carbonyl (C=O) groups excluding carboxylic acids is 4. The van der Waals surface area contributed by atoms with E-state index in [9.17, 15) is 29.1 Å². The van der Waals surface area contributed by atoms with Crippen LogP contribution in [0.4, 0.5) is 0 Å². The van der Waals surface area contributed by atoms with Gasteiger partial charge < -0.3 is 54.2 Å². The van der Waals surface area contributed by atoms with Crippen molar-refractivity contribution in [3.05, 3.63) is 0 Å². The Morgan fingerprint density at radius 3 is 1.97 bits per heavy atom. The maximum atomic E-state index is 12.8. The van der Waals surface area contributed by atoms with E-state index in [0.29, 0.717) is 0 Å². The summed E-state index contributed by atoms with van der Waals surface area (Å²) in [4.78, 5) is 63.2. The van der Waals surface area contributed by atoms with Crippen molar-refractivity contribution in [3.63, 3.8) is 0 Å². The molecule has 4 amide bonds. The van der Waals surface area contributed by atoms with Crippen LogP contribution in [0.3, 0.4) is 0 Å². The van der Waals surface area contributed by atoms with Crippen molar-refractivity contribution in [3.8, 4) is 0 Å². The van der Waals surface area contributed by atoms with Gasteiger partial charge in [-0.2, -0.15) is 0 Å². The molecule has 0 heterocycles. The zero-order valence-corrected chi connectivity index (χ0v) is 18.8. The monoisotopic (exact) mass is 490 g/mol. The average Bonchev–Trinajstić information content (AvgIpc) is 2.74. The van der Waals surface area contributed by atoms with Crippen molar-refractivity contribution >= 4 is 35.6 Å². The van der Waals surface area contributed by atoms with E-state index in [-0.39, 0.29) is 38.2 Å². The number of rotatable bonds is 16. The van der Waals surface area contributed by atoms with E-state index in [4.69, 9.17) is 33.1 Å². The van der Waals surface area contributed by atoms with E-state index in [0.717, 1.165) is 0 Å². The summed E-state index contributed by atoms with van der Waals surface area (Å²) in [6, 6.07) is -5.67. The van der Waals surface area contributed by atoms with Crippen molar-refractivity contribution < 1.29 is 39.3 Å². The van der Waals surface area contributed by atoms with Crippen molar-refractivity contribution in [2.45, 2.75) is 62.9 Å². The third-order valence-corrected chi connectivity index (χ3v) is 4.48. The minimum absolute atomic E-state index is 0.000563. The van der Waals surface area contributed by atoms with Crippen LogP contribution >= 0.6 is 0 Å². The van der Waals surface area contributed by atoms with Crippen LogP contribution in [0.25, 0.3) is 0 Å². The van der Waals surface area contributed by atoms with Gasteiger partial charge in [-0.1, -0.05) is 0 Å². The highest BCUT2D eigenvalue weighted by atomic mass is 16.4. The summed E-state index contributed by atoms with van der Waals surface area (Å²) in [6.45, 7) is 0.367. The van der Waals surface area contributed by atoms with Gasteiger partial charge in [-0.15, -0.1) is 0 Å². The quantitative estimate of drug-likeness (QED) is 0.0552. The Morgan fingerprint density at radius 1 is 0.912 bits per heavy atom. The molecule has 14 N–H and O–H groups in total. The maximum absolute atomic E-state index is 12.8. The topological polar surface area (TPSA) is 299 Å². The second-order valence-electron chi connectivity index (χ2n) is 7.43. The highest BCUT2D eigenvalue weighted by Gasteiger charge is 2.32. The predicted octanol–water partition coefficient (Wildman–Crippen LogP) is -5.46. The maximum Gasteiger partial charge on any atom is 0.328 e. The number of carboxylic acids is 1. The van der Waals surface area contributed by atoms with Crippen LogP contribution in [0.5, 0.6) is 0 Å². The Balaban J connectivity index is 5.45. The minimum atomic E-state index is -1.66. The van der Waals surface area contributed by atoms with Gasteiger partial charge in [0, 0.05) is 13.0 Å². The molecule has 0 aromatic rings. The fraction of sp³-hybridized carbons (Fsp3) is 0.667. The van der Waals surface area contributed by atoms with Crippen LogP contribution in [0.15, 0.2) is 4.99 Å². The molecule has 0 aliphatic rings. The van der Waals surface area contributed by atoms with E-state index in [1.165, 1.54) is 6.92 Å². The molecule has 0 saturated heterocycles. The lowest BCUT2D eigenvalue weighted by Crippen LogP contribution is -2.60. The number of nitrogens with one attached hydrogen (secondary N) is 3. The third-order valence-electron chi connectivity index (χ3n) is 4.48. The fourth-order valence-corrected chi connectivity index (χ4v) is 2.59. The summed E-state index contributed by atoms with van der Waals surface area (Å²) < 4.78 is 0. The highest BCUT2D eigenvalue weighted by molar-refractivity contribution is 5.94. The molecule has 0 fully saturated rings. The molecule has 0 aliphatic carbocycles. The summed E-state index contributed by atoms with van der Waals surface area (Å²) in [6.07, 6.45) is -1.47. The molecule has 194 valence electrons. The lowest BCUT2D eigenvalue weighted by Gasteiger charge is -2.26. The molecule has 0 aromatic carbocycles. The van der Waals surface area contributed by atoms with Gasteiger partial charge in [0.25, 0.3) is 0 Å². The van der Waals surface area contributed by atoms with E-state index < -0.39 is 66.5 Å². The van der Waals surface area contributed by atoms with Crippen LogP contribution in [0, 0.1) is 0 Å². The summed E-state index contributed by atoms with van der Waals surface area (Å²) in [5, 5.41) is 34.6. The second-order valence-corrected chi connectivity index (χ2v) is 7.43. The number of nitrogens with two attached hydrogens (primary N) is 4. The van der Waals surface area contributed by atoms with Crippen LogP contribution in [0.2, 0.25) is 0 Å². The number of primary amides is 1. The molecule has 0 aliphatic heterocycles. The zero-order chi connectivity index (χ0) is 26.4. The summed E-state index contributed by atoms with van der Waals surface area (Å²) >= 11 is 0. The van der Waals surface area contributed by atoms with Crippen molar-refractivity contribution in [2.75, 3.05) is 13.2 Å². The van der Waals surface area contributed by atoms with Gasteiger partial charge in [0.05, 0.1) is 18.8 Å². The van der Waals surface area contributed by atoms with Crippen LogP contribution in [-0.2, 0) is 24.0 Å². The molecule has 16 heteroatoms. The molecule has 34 heavy (non-hydrogen) atoms. The molecule has 0 saturated carbocycles. The fourth-order valence-electron chi connectivity index (χ4n) is 2.59. The van der Waals surface area contributed by atoms with E-state index in [1.54, 1.807) is 0 Å². The molecule has 0 bridgehead atoms. The summed E-state index contributed by atoms with van der Waals surface area (Å²) in [7, 11) is 0. The summed E-state index contributed by atoms with van der Waals surface area (Å²) in [5.41, 5.74) is 21.2. The first-order valence-corrected chi connectivity index (χ1v) is 10.3. The van der Waals surface area contributed by atoms with Crippen molar-refractivity contribution in [1.29, 1.82) is 0 Å². The molecular formula is C18H34N8O8. The van der Waals surface area contributed by atoms with Crippen molar-refractivity contribution in [1.82, 2.24) is 16.0 Å². The number of hydrogen-bond donors (Lipinski definition) is 10. The standard InChI is InChI=1S/C18H34N8O8/c1-8(28)13(16(32)25-11(7-27)17(33)34)26-15(31)10(3-2-6-23-18(21)22)24-14(30)9(19)4-5-12(20)29/h8-11,13,27-28H,2-7,19H2,1H3,(H2,20,29)(H,24,30)(H,25,32)(H,26,31)(H,33,34)(H4,21,22,23). The number of nitrogens with zero attached hydrogens (tertiary/aromatic N) is 1. The van der Waals surface area contributed by atoms with Crippen molar-refractivity contribution in [2.24, 2.45) is 27.9 Å². The number of carbonyl (C=O) groups is 5. The van der Waals surface area contributed by atoms with E-state index in [2.05, 4.69) is 15.6 Å². The van der Waals surface area contributed by atoms with Crippen LogP contribution in [0.1, 0.15) is 32.6 Å². The number of carboxylic acid groups (broad SMARTS) is 1. The Hall–Kier alpha value is -3.50. The largest absolute Gasteiger partial charge is 0.480 e. The molecule has 0 radical (unpaired) electrons. The lowest BCUT2D eigenvalue weighted by molar-refractivity contribution is -0.144. The first-order valence-electron chi connectivity index (χ1n) is 10.3. The van der Waals surface area contributed by atoms with E-state index in [1.807, 2.05) is 5.32 Å². The summed E-state index contributed by atoms with van der Waals surface area (Å²) in [5.74, 6) is -5.11. The second kappa shape index (κ2) is 15.4. The average molecular weight is 491 g/mol.